The zero-order valence-electron chi connectivity index (χ0n) is 16.1. The van der Waals surface area contributed by atoms with Crippen LogP contribution in [-0.4, -0.2) is 82.4 Å². The van der Waals surface area contributed by atoms with E-state index in [1.54, 1.807) is 4.90 Å². The first-order chi connectivity index (χ1) is 14.1. The molecule has 4 heterocycles. The maximum atomic E-state index is 11.5. The van der Waals surface area contributed by atoms with Gasteiger partial charge in [0.05, 0.1) is 18.7 Å². The lowest BCUT2D eigenvalue weighted by Crippen LogP contribution is -2.55. The van der Waals surface area contributed by atoms with E-state index in [1.165, 1.54) is 5.56 Å². The Morgan fingerprint density at radius 2 is 1.90 bits per heavy atom. The quantitative estimate of drug-likeness (QED) is 0.768. The summed E-state index contributed by atoms with van der Waals surface area (Å²) in [4.78, 5) is 26.6. The van der Waals surface area contributed by atoms with Crippen molar-refractivity contribution in [2.24, 2.45) is 0 Å². The van der Waals surface area contributed by atoms with Gasteiger partial charge in [0, 0.05) is 50.2 Å². The van der Waals surface area contributed by atoms with E-state index in [-0.39, 0.29) is 17.4 Å². The fourth-order valence-corrected chi connectivity index (χ4v) is 5.11. The fourth-order valence-electron chi connectivity index (χ4n) is 4.94. The van der Waals surface area contributed by atoms with Crippen molar-refractivity contribution < 1.29 is 14.6 Å². The first kappa shape index (κ1) is 18.8. The summed E-state index contributed by atoms with van der Waals surface area (Å²) in [6.07, 6.45) is 1.13. The molecular formula is C20H24ClN5O3. The van der Waals surface area contributed by atoms with Crippen LogP contribution in [0, 0.1) is 0 Å². The summed E-state index contributed by atoms with van der Waals surface area (Å²) in [7, 11) is 0. The number of halogens is 1. The molecule has 3 aliphatic rings. The molecule has 1 N–H and O–H groups in total. The van der Waals surface area contributed by atoms with Crippen molar-refractivity contribution in [2.45, 2.75) is 31.5 Å². The Morgan fingerprint density at radius 1 is 1.17 bits per heavy atom. The molecule has 3 saturated heterocycles. The van der Waals surface area contributed by atoms with E-state index in [0.29, 0.717) is 13.2 Å². The van der Waals surface area contributed by atoms with E-state index in [1.807, 2.05) is 6.07 Å². The molecule has 2 unspecified atom stereocenters. The van der Waals surface area contributed by atoms with Gasteiger partial charge in [0.15, 0.2) is 0 Å². The molecule has 0 spiro atoms. The molecule has 29 heavy (non-hydrogen) atoms. The highest BCUT2D eigenvalue weighted by atomic mass is 35.5. The molecule has 1 amide bonds. The van der Waals surface area contributed by atoms with Crippen LogP contribution in [0.1, 0.15) is 18.4 Å². The largest absolute Gasteiger partial charge is 0.465 e. The second-order valence-corrected chi connectivity index (χ2v) is 8.37. The fraction of sp³-hybridized carbons (Fsp3) is 0.550. The molecule has 2 aromatic rings. The Labute approximate surface area is 174 Å². The number of nitrogens with zero attached hydrogens (tertiary/aromatic N) is 5. The van der Waals surface area contributed by atoms with E-state index in [9.17, 15) is 9.90 Å². The number of hydrogen-bond donors (Lipinski definition) is 1. The standard InChI is InChI=1S/C20H24ClN5O3/c21-19-22-17-4-1-13(9-16(17)18(23-19)25-5-7-29-8-6-25)10-24-11-14-2-3-15(12-24)26(14)20(27)28/h1,4,9,14-15H,2-3,5-8,10-12H2,(H,27,28). The number of morpholine rings is 1. The molecule has 0 radical (unpaired) electrons. The zero-order chi connectivity index (χ0) is 20.0. The summed E-state index contributed by atoms with van der Waals surface area (Å²) in [5.74, 6) is 0.862. The summed E-state index contributed by atoms with van der Waals surface area (Å²) in [5.41, 5.74) is 2.02. The van der Waals surface area contributed by atoms with Gasteiger partial charge in [-0.15, -0.1) is 0 Å². The van der Waals surface area contributed by atoms with E-state index < -0.39 is 6.09 Å². The zero-order valence-corrected chi connectivity index (χ0v) is 16.9. The highest BCUT2D eigenvalue weighted by Crippen LogP contribution is 2.32. The normalized spacial score (nSPS) is 25.0. The first-order valence-corrected chi connectivity index (χ1v) is 10.5. The number of benzene rings is 1. The molecule has 2 atom stereocenters. The van der Waals surface area contributed by atoms with Crippen LogP contribution in [0.15, 0.2) is 18.2 Å². The van der Waals surface area contributed by atoms with Crippen molar-refractivity contribution >= 4 is 34.4 Å². The smallest absolute Gasteiger partial charge is 0.407 e. The molecule has 1 aromatic heterocycles. The number of amides is 1. The Balaban J connectivity index is 1.40. The van der Waals surface area contributed by atoms with Crippen molar-refractivity contribution in [3.63, 3.8) is 0 Å². The molecule has 3 aliphatic heterocycles. The van der Waals surface area contributed by atoms with Crippen LogP contribution in [-0.2, 0) is 11.3 Å². The van der Waals surface area contributed by atoms with Gasteiger partial charge < -0.3 is 14.7 Å². The van der Waals surface area contributed by atoms with E-state index in [0.717, 1.165) is 62.3 Å². The SMILES string of the molecule is O=C(O)N1C2CCC1CN(Cc1ccc3nc(Cl)nc(N4CCOCC4)c3c1)C2. The third-order valence-corrected chi connectivity index (χ3v) is 6.38. The van der Waals surface area contributed by atoms with Gasteiger partial charge in [0.25, 0.3) is 0 Å². The van der Waals surface area contributed by atoms with Gasteiger partial charge in [0.2, 0.25) is 5.28 Å². The summed E-state index contributed by atoms with van der Waals surface area (Å²) >= 11 is 6.18. The van der Waals surface area contributed by atoms with Gasteiger partial charge in [-0.05, 0) is 42.1 Å². The highest BCUT2D eigenvalue weighted by Gasteiger charge is 2.42. The molecule has 0 aliphatic carbocycles. The van der Waals surface area contributed by atoms with Crippen LogP contribution in [0.4, 0.5) is 10.6 Å². The molecule has 3 fully saturated rings. The second kappa shape index (κ2) is 7.59. The number of carboxylic acid groups (broad SMARTS) is 1. The number of fused-ring (bicyclic) bond motifs is 3. The number of likely N-dealkylation sites (tertiary alicyclic amines) is 1. The number of ether oxygens (including phenoxy) is 1. The monoisotopic (exact) mass is 417 g/mol. The number of carbonyl (C=O) groups is 1. The van der Waals surface area contributed by atoms with Crippen LogP contribution in [0.25, 0.3) is 10.9 Å². The highest BCUT2D eigenvalue weighted by molar-refractivity contribution is 6.28. The summed E-state index contributed by atoms with van der Waals surface area (Å²) in [5, 5.41) is 10.7. The van der Waals surface area contributed by atoms with Crippen molar-refractivity contribution in [3.05, 3.63) is 29.0 Å². The maximum Gasteiger partial charge on any atom is 0.407 e. The van der Waals surface area contributed by atoms with Crippen molar-refractivity contribution in [3.8, 4) is 0 Å². The van der Waals surface area contributed by atoms with Crippen LogP contribution in [0.3, 0.4) is 0 Å². The van der Waals surface area contributed by atoms with Gasteiger partial charge >= 0.3 is 6.09 Å². The predicted molar refractivity (Wildman–Crippen MR) is 110 cm³/mol. The van der Waals surface area contributed by atoms with Crippen LogP contribution < -0.4 is 4.90 Å². The Hall–Kier alpha value is -2.16. The van der Waals surface area contributed by atoms with Crippen LogP contribution in [0.5, 0.6) is 0 Å². The molecule has 1 aromatic carbocycles. The van der Waals surface area contributed by atoms with Crippen molar-refractivity contribution in [1.82, 2.24) is 19.8 Å². The Bertz CT molecular complexity index is 922. The Kier molecular flexibility index (Phi) is 4.93. The lowest BCUT2D eigenvalue weighted by Gasteiger charge is -2.39. The number of aromatic nitrogens is 2. The minimum atomic E-state index is -0.785. The molecule has 5 rings (SSSR count). The average Bonchev–Trinajstić information content (AvgIpc) is 3.00. The number of anilines is 1. The first-order valence-electron chi connectivity index (χ1n) is 10.1. The molecular weight excluding hydrogens is 394 g/mol. The second-order valence-electron chi connectivity index (χ2n) is 8.04. The van der Waals surface area contributed by atoms with Gasteiger partial charge in [-0.2, -0.15) is 4.98 Å². The lowest BCUT2D eigenvalue weighted by molar-refractivity contribution is 0.0592. The molecule has 0 saturated carbocycles. The van der Waals surface area contributed by atoms with Crippen LogP contribution in [0.2, 0.25) is 5.28 Å². The molecule has 8 nitrogen and oxygen atoms in total. The van der Waals surface area contributed by atoms with Gasteiger partial charge in [-0.1, -0.05) is 6.07 Å². The molecule has 9 heteroatoms. The van der Waals surface area contributed by atoms with E-state index in [4.69, 9.17) is 16.3 Å². The number of rotatable bonds is 3. The maximum absolute atomic E-state index is 11.5. The summed E-state index contributed by atoms with van der Waals surface area (Å²) < 4.78 is 5.47. The van der Waals surface area contributed by atoms with Crippen molar-refractivity contribution in [1.29, 1.82) is 0 Å². The summed E-state index contributed by atoms with van der Waals surface area (Å²) in [6.45, 7) is 5.30. The molecule has 2 bridgehead atoms. The predicted octanol–water partition coefficient (Wildman–Crippen LogP) is 2.45. The minimum Gasteiger partial charge on any atom is -0.465 e. The minimum absolute atomic E-state index is 0.109. The van der Waals surface area contributed by atoms with E-state index >= 15 is 0 Å². The summed E-state index contributed by atoms with van der Waals surface area (Å²) in [6, 6.07) is 6.46. The third-order valence-electron chi connectivity index (χ3n) is 6.21. The Morgan fingerprint density at radius 3 is 2.59 bits per heavy atom. The third kappa shape index (κ3) is 3.60. The number of hydrogen-bond acceptors (Lipinski definition) is 6. The topological polar surface area (TPSA) is 82.0 Å². The molecule has 154 valence electrons. The number of piperazine rings is 1. The van der Waals surface area contributed by atoms with Gasteiger partial charge in [-0.25, -0.2) is 9.78 Å². The lowest BCUT2D eigenvalue weighted by atomic mass is 10.1. The average molecular weight is 418 g/mol. The van der Waals surface area contributed by atoms with Gasteiger partial charge in [0.1, 0.15) is 5.82 Å². The van der Waals surface area contributed by atoms with Crippen LogP contribution >= 0.6 is 11.6 Å². The van der Waals surface area contributed by atoms with Crippen molar-refractivity contribution in [2.75, 3.05) is 44.3 Å². The van der Waals surface area contributed by atoms with E-state index in [2.05, 4.69) is 31.9 Å². The van der Waals surface area contributed by atoms with Gasteiger partial charge in [-0.3, -0.25) is 9.80 Å².